The van der Waals surface area contributed by atoms with E-state index in [1.165, 1.54) is 18.3 Å². The van der Waals surface area contributed by atoms with Gasteiger partial charge in [-0.15, -0.1) is 0 Å². The first-order chi connectivity index (χ1) is 12.0. The van der Waals surface area contributed by atoms with Crippen LogP contribution in [0, 0.1) is 17.5 Å². The highest BCUT2D eigenvalue weighted by Crippen LogP contribution is 2.23. The van der Waals surface area contributed by atoms with Gasteiger partial charge in [0.2, 0.25) is 0 Å². The number of aromatic nitrogens is 1. The van der Waals surface area contributed by atoms with Crippen LogP contribution in [0.1, 0.15) is 10.5 Å². The number of hydrogen-bond acceptors (Lipinski definition) is 3. The molecule has 0 fully saturated rings. The van der Waals surface area contributed by atoms with E-state index in [-0.39, 0.29) is 11.4 Å². The molecule has 0 aliphatic heterocycles. The van der Waals surface area contributed by atoms with Gasteiger partial charge in [0.25, 0.3) is 5.91 Å². The lowest BCUT2D eigenvalue weighted by atomic mass is 10.2. The van der Waals surface area contributed by atoms with Gasteiger partial charge in [-0.1, -0.05) is 18.2 Å². The fourth-order valence-corrected chi connectivity index (χ4v) is 2.10. The van der Waals surface area contributed by atoms with Gasteiger partial charge < -0.3 is 10.6 Å². The summed E-state index contributed by atoms with van der Waals surface area (Å²) in [6.45, 7) is 0. The third-order valence-electron chi connectivity index (χ3n) is 3.34. The summed E-state index contributed by atoms with van der Waals surface area (Å²) in [4.78, 5) is 16.1. The van der Waals surface area contributed by atoms with Crippen LogP contribution in [0.4, 0.5) is 30.2 Å². The quantitative estimate of drug-likeness (QED) is 0.686. The summed E-state index contributed by atoms with van der Waals surface area (Å²) in [6.07, 6.45) is 1.29. The molecular formula is C18H12F3N3O. The zero-order valence-electron chi connectivity index (χ0n) is 12.8. The maximum atomic E-state index is 13.6. The van der Waals surface area contributed by atoms with Crippen molar-refractivity contribution in [2.45, 2.75) is 0 Å². The number of halogens is 3. The third-order valence-corrected chi connectivity index (χ3v) is 3.34. The molecule has 0 unspecified atom stereocenters. The van der Waals surface area contributed by atoms with E-state index in [0.717, 1.165) is 12.1 Å². The summed E-state index contributed by atoms with van der Waals surface area (Å²) in [7, 11) is 0. The van der Waals surface area contributed by atoms with E-state index in [1.54, 1.807) is 24.3 Å². The Labute approximate surface area is 141 Å². The van der Waals surface area contributed by atoms with Crippen LogP contribution in [0.2, 0.25) is 0 Å². The van der Waals surface area contributed by atoms with Crippen molar-refractivity contribution in [3.8, 4) is 0 Å². The smallest absolute Gasteiger partial charge is 0.274 e. The number of hydrogen-bond donors (Lipinski definition) is 2. The van der Waals surface area contributed by atoms with Gasteiger partial charge >= 0.3 is 0 Å². The number of nitrogens with zero attached hydrogens (tertiary/aromatic N) is 1. The molecule has 0 saturated heterocycles. The largest absolute Gasteiger partial charge is 0.352 e. The molecule has 3 rings (SSSR count). The van der Waals surface area contributed by atoms with Crippen molar-refractivity contribution >= 4 is 23.0 Å². The Morgan fingerprint density at radius 2 is 1.60 bits per heavy atom. The summed E-state index contributed by atoms with van der Waals surface area (Å²) in [5, 5.41) is 5.26. The highest BCUT2D eigenvalue weighted by Gasteiger charge is 2.14. The van der Waals surface area contributed by atoms with Crippen LogP contribution >= 0.6 is 0 Å². The number of para-hydroxylation sites is 1. The molecule has 2 N–H and O–H groups in total. The van der Waals surface area contributed by atoms with Crippen molar-refractivity contribution in [3.05, 3.63) is 83.9 Å². The Morgan fingerprint density at radius 1 is 0.840 bits per heavy atom. The van der Waals surface area contributed by atoms with E-state index >= 15 is 0 Å². The summed E-state index contributed by atoms with van der Waals surface area (Å²) < 4.78 is 39.8. The summed E-state index contributed by atoms with van der Waals surface area (Å²) in [5.41, 5.74) is 0.865. The maximum absolute atomic E-state index is 13.6. The van der Waals surface area contributed by atoms with E-state index in [2.05, 4.69) is 15.6 Å². The van der Waals surface area contributed by atoms with Crippen LogP contribution in [0.25, 0.3) is 0 Å². The van der Waals surface area contributed by atoms with E-state index in [9.17, 15) is 18.0 Å². The van der Waals surface area contributed by atoms with Crippen LogP contribution in [0.3, 0.4) is 0 Å². The van der Waals surface area contributed by atoms with E-state index < -0.39 is 23.4 Å². The van der Waals surface area contributed by atoms with Crippen molar-refractivity contribution in [1.82, 2.24) is 4.98 Å². The first-order valence-electron chi connectivity index (χ1n) is 7.27. The van der Waals surface area contributed by atoms with Gasteiger partial charge in [0.15, 0.2) is 17.5 Å². The molecule has 7 heteroatoms. The first kappa shape index (κ1) is 16.5. The SMILES string of the molecule is O=C(Nc1ccccc1)c1ccc(Nc2ccc(F)c(F)c2F)cn1. The average molecular weight is 343 g/mol. The molecule has 0 radical (unpaired) electrons. The van der Waals surface area contributed by atoms with Crippen LogP contribution in [-0.4, -0.2) is 10.9 Å². The molecule has 25 heavy (non-hydrogen) atoms. The number of rotatable bonds is 4. The number of amides is 1. The highest BCUT2D eigenvalue weighted by atomic mass is 19.2. The molecular weight excluding hydrogens is 331 g/mol. The standard InChI is InChI=1S/C18H12F3N3O/c19-13-7-9-14(17(21)16(13)20)23-12-6-8-15(22-10-12)18(25)24-11-4-2-1-3-5-11/h1-10,23H,(H,24,25). The lowest BCUT2D eigenvalue weighted by Crippen LogP contribution is -2.13. The second-order valence-electron chi connectivity index (χ2n) is 5.10. The molecule has 0 bridgehead atoms. The van der Waals surface area contributed by atoms with E-state index in [4.69, 9.17) is 0 Å². The minimum atomic E-state index is -1.56. The van der Waals surface area contributed by atoms with Crippen LogP contribution in [0.15, 0.2) is 60.8 Å². The van der Waals surface area contributed by atoms with Crippen LogP contribution in [0.5, 0.6) is 0 Å². The first-order valence-corrected chi connectivity index (χ1v) is 7.27. The predicted octanol–water partition coefficient (Wildman–Crippen LogP) is 4.49. The van der Waals surface area contributed by atoms with E-state index in [0.29, 0.717) is 11.4 Å². The summed E-state index contributed by atoms with van der Waals surface area (Å²) >= 11 is 0. The molecule has 126 valence electrons. The lowest BCUT2D eigenvalue weighted by Gasteiger charge is -2.09. The maximum Gasteiger partial charge on any atom is 0.274 e. The molecule has 1 aromatic heterocycles. The fourth-order valence-electron chi connectivity index (χ4n) is 2.10. The van der Waals surface area contributed by atoms with Crippen molar-refractivity contribution in [2.24, 2.45) is 0 Å². The topological polar surface area (TPSA) is 54.0 Å². The molecule has 2 aromatic carbocycles. The van der Waals surface area contributed by atoms with Crippen molar-refractivity contribution in [1.29, 1.82) is 0 Å². The second kappa shape index (κ2) is 7.04. The Hall–Kier alpha value is -3.35. The van der Waals surface area contributed by atoms with E-state index in [1.807, 2.05) is 6.07 Å². The van der Waals surface area contributed by atoms with Crippen molar-refractivity contribution < 1.29 is 18.0 Å². The summed E-state index contributed by atoms with van der Waals surface area (Å²) in [5.74, 6) is -4.56. The number of pyridine rings is 1. The Kier molecular flexibility index (Phi) is 4.65. The minimum absolute atomic E-state index is 0.153. The molecule has 0 saturated carbocycles. The fraction of sp³-hybridized carbons (Fsp3) is 0. The number of benzene rings is 2. The number of anilines is 3. The molecule has 0 aliphatic rings. The molecule has 0 atom stereocenters. The monoisotopic (exact) mass is 343 g/mol. The van der Waals surface area contributed by atoms with Gasteiger partial charge in [0.1, 0.15) is 5.69 Å². The number of carbonyl (C=O) groups excluding carboxylic acids is 1. The minimum Gasteiger partial charge on any atom is -0.352 e. The van der Waals surface area contributed by atoms with Crippen molar-refractivity contribution in [3.63, 3.8) is 0 Å². The number of nitrogens with one attached hydrogen (secondary N) is 2. The van der Waals surface area contributed by atoms with Gasteiger partial charge in [-0.25, -0.2) is 18.2 Å². The zero-order chi connectivity index (χ0) is 17.8. The Morgan fingerprint density at radius 3 is 2.28 bits per heavy atom. The lowest BCUT2D eigenvalue weighted by molar-refractivity contribution is 0.102. The van der Waals surface area contributed by atoms with Gasteiger partial charge in [-0.3, -0.25) is 4.79 Å². The predicted molar refractivity (Wildman–Crippen MR) is 88.2 cm³/mol. The second-order valence-corrected chi connectivity index (χ2v) is 5.10. The average Bonchev–Trinajstić information content (AvgIpc) is 2.63. The van der Waals surface area contributed by atoms with Crippen LogP contribution in [-0.2, 0) is 0 Å². The summed E-state index contributed by atoms with van der Waals surface area (Å²) in [6, 6.07) is 13.7. The molecule has 3 aromatic rings. The Bertz CT molecular complexity index is 899. The van der Waals surface area contributed by atoms with Crippen LogP contribution < -0.4 is 10.6 Å². The molecule has 0 aliphatic carbocycles. The normalized spacial score (nSPS) is 10.4. The van der Waals surface area contributed by atoms with Gasteiger partial charge in [0, 0.05) is 5.69 Å². The van der Waals surface area contributed by atoms with Crippen molar-refractivity contribution in [2.75, 3.05) is 10.6 Å². The Balaban J connectivity index is 1.72. The molecule has 0 spiro atoms. The zero-order valence-corrected chi connectivity index (χ0v) is 12.8. The molecule has 1 heterocycles. The highest BCUT2D eigenvalue weighted by molar-refractivity contribution is 6.02. The molecule has 1 amide bonds. The van der Waals surface area contributed by atoms with Gasteiger partial charge in [-0.05, 0) is 36.4 Å². The third kappa shape index (κ3) is 3.77. The molecule has 4 nitrogen and oxygen atoms in total. The van der Waals surface area contributed by atoms with Gasteiger partial charge in [0.05, 0.1) is 17.6 Å². The van der Waals surface area contributed by atoms with Gasteiger partial charge in [-0.2, -0.15) is 0 Å². The number of carbonyl (C=O) groups is 1.